The Morgan fingerprint density at radius 3 is 1.69 bits per heavy atom. The third-order valence-corrected chi connectivity index (χ3v) is 11.4. The number of hydrogen-bond acceptors (Lipinski definition) is 5. The van der Waals surface area contributed by atoms with Gasteiger partial charge in [0.15, 0.2) is 23.3 Å². The highest BCUT2D eigenvalue weighted by Crippen LogP contribution is 2.38. The third-order valence-electron chi connectivity index (χ3n) is 11.4. The summed E-state index contributed by atoms with van der Waals surface area (Å²) in [7, 11) is 0. The van der Waals surface area contributed by atoms with Crippen LogP contribution in [0.3, 0.4) is 0 Å². The summed E-state index contributed by atoms with van der Waals surface area (Å²) in [5.74, 6) is 3.20. The molecule has 0 spiro atoms. The van der Waals surface area contributed by atoms with Gasteiger partial charge in [-0.15, -0.1) is 10.2 Å². The molecule has 0 unspecified atom stereocenters. The van der Waals surface area contributed by atoms with Crippen molar-refractivity contribution in [1.29, 1.82) is 0 Å². The van der Waals surface area contributed by atoms with Crippen molar-refractivity contribution >= 4 is 49.2 Å². The summed E-state index contributed by atoms with van der Waals surface area (Å²) >= 11 is 0. The second kappa shape index (κ2) is 15.3. The molecule has 294 valence electrons. The van der Waals surface area contributed by atoms with Gasteiger partial charge in [0.05, 0.1) is 22.1 Å². The molecule has 4 heterocycles. The van der Waals surface area contributed by atoms with Gasteiger partial charge in [0.25, 0.3) is 0 Å². The lowest BCUT2D eigenvalue weighted by Crippen LogP contribution is -2.07. The van der Waals surface area contributed by atoms with E-state index in [1.165, 1.54) is 10.8 Å². The summed E-state index contributed by atoms with van der Waals surface area (Å²) in [6, 6.07) is 60.9. The lowest BCUT2D eigenvalue weighted by atomic mass is 10.1. The molecule has 11 rings (SSSR count). The van der Waals surface area contributed by atoms with Gasteiger partial charge >= 0.3 is 0 Å². The monoisotopic (exact) mass is 798 g/mol. The predicted molar refractivity (Wildman–Crippen MR) is 253 cm³/mol. The van der Waals surface area contributed by atoms with E-state index >= 15 is 0 Å². The Kier molecular flexibility index (Phi) is 9.01. The highest BCUT2D eigenvalue weighted by atomic mass is 15.3. The lowest BCUT2D eigenvalue weighted by molar-refractivity contribution is 0.930. The summed E-state index contributed by atoms with van der Waals surface area (Å²) < 4.78 is 6.63. The fourth-order valence-electron chi connectivity index (χ4n) is 8.48. The minimum Gasteiger partial charge on any atom is -0.309 e. The van der Waals surface area contributed by atoms with Gasteiger partial charge in [-0.05, 0) is 73.2 Å². The molecule has 8 heteroatoms. The Bertz CT molecular complexity index is 3540. The van der Waals surface area contributed by atoms with Crippen LogP contribution in [0.25, 0.3) is 101 Å². The average molecular weight is 799 g/mol. The van der Waals surface area contributed by atoms with Crippen molar-refractivity contribution in [2.24, 2.45) is 0 Å². The quantitative estimate of drug-likeness (QED) is 0.136. The van der Waals surface area contributed by atoms with Crippen LogP contribution >= 0.6 is 0 Å². The molecule has 0 bridgehead atoms. The highest BCUT2D eigenvalue weighted by Gasteiger charge is 2.22. The number of benzene rings is 7. The van der Waals surface area contributed by atoms with Crippen molar-refractivity contribution in [3.05, 3.63) is 213 Å². The molecule has 8 nitrogen and oxygen atoms in total. The maximum Gasteiger partial charge on any atom is 0.238 e. The fraction of sp³-hybridized carbons (Fsp3) is 0.0185. The smallest absolute Gasteiger partial charge is 0.238 e. The van der Waals surface area contributed by atoms with Gasteiger partial charge in [-0.3, -0.25) is 9.13 Å². The van der Waals surface area contributed by atoms with E-state index in [0.29, 0.717) is 17.6 Å². The van der Waals surface area contributed by atoms with Gasteiger partial charge in [0, 0.05) is 49.6 Å². The molecule has 0 saturated heterocycles. The Labute approximate surface area is 357 Å². The van der Waals surface area contributed by atoms with Crippen LogP contribution in [-0.4, -0.2) is 38.9 Å². The van der Waals surface area contributed by atoms with Gasteiger partial charge in [0.1, 0.15) is 0 Å². The first-order valence-electron chi connectivity index (χ1n) is 20.6. The Morgan fingerprint density at radius 1 is 0.452 bits per heavy atom. The van der Waals surface area contributed by atoms with Crippen LogP contribution in [-0.2, 0) is 0 Å². The number of hydrogen-bond donors (Lipinski definition) is 0. The number of allylic oxidation sites excluding steroid dienone is 5. The summed E-state index contributed by atoms with van der Waals surface area (Å²) in [4.78, 5) is 15.1. The predicted octanol–water partition coefficient (Wildman–Crippen LogP) is 12.8. The summed E-state index contributed by atoms with van der Waals surface area (Å²) in [5.41, 5.74) is 9.97. The molecule has 0 saturated carbocycles. The fourth-order valence-corrected chi connectivity index (χ4v) is 8.48. The van der Waals surface area contributed by atoms with Crippen molar-refractivity contribution in [2.45, 2.75) is 6.92 Å². The van der Waals surface area contributed by atoms with E-state index < -0.39 is 0 Å². The van der Waals surface area contributed by atoms with Gasteiger partial charge in [-0.2, -0.15) is 9.97 Å². The Morgan fingerprint density at radius 2 is 1.00 bits per heavy atom. The zero-order chi connectivity index (χ0) is 41.6. The van der Waals surface area contributed by atoms with E-state index in [-0.39, 0.29) is 0 Å². The standard InChI is InChI=1S/C54H38N8/c1-3-4-8-19-36(2)50-55-51(37-20-9-5-10-21-37)57-54(56-50)62-47-29-18-16-27-43(47)45-34-38(31-33-48(45)62)52-58-59-53(61(52)41-24-13-7-14-25-41)39-30-32-44-42-26-15-17-28-46(42)60(49(44)35-39)40-22-11-6-12-23-40/h3-35H,1H2,2H3/b8-4-,36-19+. The van der Waals surface area contributed by atoms with Crippen molar-refractivity contribution in [2.75, 3.05) is 0 Å². The average Bonchev–Trinajstić information content (AvgIpc) is 4.02. The largest absolute Gasteiger partial charge is 0.309 e. The molecule has 0 atom stereocenters. The van der Waals surface area contributed by atoms with Gasteiger partial charge in [-0.25, -0.2) is 4.98 Å². The molecule has 0 N–H and O–H groups in total. The van der Waals surface area contributed by atoms with E-state index in [1.54, 1.807) is 6.08 Å². The Balaban J connectivity index is 1.10. The molecule has 0 radical (unpaired) electrons. The van der Waals surface area contributed by atoms with Crippen LogP contribution in [0.1, 0.15) is 12.7 Å². The zero-order valence-corrected chi connectivity index (χ0v) is 33.8. The molecule has 0 aliphatic heterocycles. The molecule has 0 aliphatic rings. The summed E-state index contributed by atoms with van der Waals surface area (Å²) in [5, 5.41) is 14.4. The van der Waals surface area contributed by atoms with Crippen molar-refractivity contribution in [1.82, 2.24) is 38.9 Å². The van der Waals surface area contributed by atoms with E-state index in [1.807, 2.05) is 61.5 Å². The first kappa shape index (κ1) is 36.6. The molecule has 7 aromatic carbocycles. The second-order valence-electron chi connectivity index (χ2n) is 15.1. The number of aromatic nitrogens is 8. The zero-order valence-electron chi connectivity index (χ0n) is 33.8. The minimum atomic E-state index is 0.534. The SMILES string of the molecule is C=C/C=C\C=C(/C)c1nc(-c2ccccc2)nc(-n2c3ccccc3c3cc(-c4nnc(-c5ccc6c7ccccc7n(-c7ccccc7)c6c5)n4-c4ccccc4)ccc32)n1. The lowest BCUT2D eigenvalue weighted by Gasteiger charge is -2.13. The molecule has 62 heavy (non-hydrogen) atoms. The molecule has 0 aliphatic carbocycles. The van der Waals surface area contributed by atoms with Crippen molar-refractivity contribution in [3.8, 4) is 51.5 Å². The summed E-state index contributed by atoms with van der Waals surface area (Å²) in [6.45, 7) is 5.82. The normalized spacial score (nSPS) is 12.0. The van der Waals surface area contributed by atoms with Gasteiger partial charge in [0.2, 0.25) is 5.95 Å². The van der Waals surface area contributed by atoms with Gasteiger partial charge < -0.3 is 4.57 Å². The molecular formula is C54H38N8. The van der Waals surface area contributed by atoms with E-state index in [0.717, 1.165) is 78.1 Å². The molecule has 0 amide bonds. The maximum absolute atomic E-state index is 5.11. The van der Waals surface area contributed by atoms with Crippen LogP contribution < -0.4 is 0 Å². The number of para-hydroxylation sites is 4. The van der Waals surface area contributed by atoms with Crippen LogP contribution in [0.4, 0.5) is 0 Å². The van der Waals surface area contributed by atoms with E-state index in [4.69, 9.17) is 25.1 Å². The van der Waals surface area contributed by atoms with E-state index in [9.17, 15) is 0 Å². The first-order chi connectivity index (χ1) is 30.6. The maximum atomic E-state index is 5.11. The molecule has 4 aromatic heterocycles. The van der Waals surface area contributed by atoms with Crippen molar-refractivity contribution in [3.63, 3.8) is 0 Å². The topological polar surface area (TPSA) is 79.2 Å². The number of nitrogens with zero attached hydrogens (tertiary/aromatic N) is 8. The third kappa shape index (κ3) is 6.21. The van der Waals surface area contributed by atoms with Crippen molar-refractivity contribution < 1.29 is 0 Å². The Hall–Kier alpha value is -8.49. The van der Waals surface area contributed by atoms with Crippen LogP contribution in [0, 0.1) is 0 Å². The van der Waals surface area contributed by atoms with E-state index in [2.05, 4.69) is 160 Å². The highest BCUT2D eigenvalue weighted by molar-refractivity contribution is 6.11. The first-order valence-corrected chi connectivity index (χ1v) is 20.6. The molecule has 0 fully saturated rings. The van der Waals surface area contributed by atoms with Gasteiger partial charge in [-0.1, -0.05) is 146 Å². The van der Waals surface area contributed by atoms with Crippen LogP contribution in [0.2, 0.25) is 0 Å². The minimum absolute atomic E-state index is 0.534. The second-order valence-corrected chi connectivity index (χ2v) is 15.1. The molecule has 11 aromatic rings. The van der Waals surface area contributed by atoms with Crippen LogP contribution in [0.5, 0.6) is 0 Å². The molecular weight excluding hydrogens is 761 g/mol. The number of fused-ring (bicyclic) bond motifs is 6. The summed E-state index contributed by atoms with van der Waals surface area (Å²) in [6.07, 6.45) is 7.57. The van der Waals surface area contributed by atoms with Crippen LogP contribution in [0.15, 0.2) is 207 Å². The number of rotatable bonds is 9.